The summed E-state index contributed by atoms with van der Waals surface area (Å²) < 4.78 is 68.8. The molecule has 0 spiro atoms. The molecule has 8 nitrogen and oxygen atoms in total. The highest BCUT2D eigenvalue weighted by atomic mass is 19.4. The van der Waals surface area contributed by atoms with Crippen LogP contribution in [0.5, 0.6) is 0 Å². The molecular weight excluding hydrogens is 487 g/mol. The molecule has 13 heteroatoms. The van der Waals surface area contributed by atoms with Crippen LogP contribution in [0.25, 0.3) is 0 Å². The maximum absolute atomic E-state index is 15.4. The van der Waals surface area contributed by atoms with E-state index in [1.54, 1.807) is 4.90 Å². The van der Waals surface area contributed by atoms with E-state index < -0.39 is 41.4 Å². The number of rotatable bonds is 7. The van der Waals surface area contributed by atoms with E-state index in [1.165, 1.54) is 4.90 Å². The summed E-state index contributed by atoms with van der Waals surface area (Å²) >= 11 is 0. The Morgan fingerprint density at radius 2 is 1.97 bits per heavy atom. The maximum atomic E-state index is 15.4. The number of hydrogen-bond donors (Lipinski definition) is 3. The fraction of sp³-hybridized carbons (Fsp3) is 0.522. The SMILES string of the molecule is NC(=O)CN1CC[C@H](CNc2ncnc(N3CCC[C@@H]3c3ccc(C(F)(F)F)cc3F)c2F)[C@@H](O)C1. The molecule has 2 aliphatic rings. The zero-order valence-electron chi connectivity index (χ0n) is 19.3. The average molecular weight is 514 g/mol. The van der Waals surface area contributed by atoms with Crippen LogP contribution in [0.2, 0.25) is 0 Å². The highest BCUT2D eigenvalue weighted by molar-refractivity contribution is 5.75. The number of aromatic nitrogens is 2. The number of hydrogen-bond acceptors (Lipinski definition) is 7. The molecule has 2 aromatic rings. The van der Waals surface area contributed by atoms with Gasteiger partial charge in [-0.1, -0.05) is 6.07 Å². The van der Waals surface area contributed by atoms with Crippen molar-refractivity contribution < 1.29 is 31.9 Å². The highest BCUT2D eigenvalue weighted by Gasteiger charge is 2.35. The molecule has 1 amide bonds. The Labute approximate surface area is 204 Å². The van der Waals surface area contributed by atoms with Crippen molar-refractivity contribution in [2.45, 2.75) is 37.6 Å². The van der Waals surface area contributed by atoms with Gasteiger partial charge in [0.25, 0.3) is 0 Å². The molecule has 0 radical (unpaired) electrons. The Balaban J connectivity index is 1.47. The summed E-state index contributed by atoms with van der Waals surface area (Å²) in [4.78, 5) is 22.4. The predicted octanol–water partition coefficient (Wildman–Crippen LogP) is 2.70. The van der Waals surface area contributed by atoms with Crippen molar-refractivity contribution in [3.05, 3.63) is 47.3 Å². The summed E-state index contributed by atoms with van der Waals surface area (Å²) in [6, 6.07) is 1.68. The zero-order chi connectivity index (χ0) is 26.0. The largest absolute Gasteiger partial charge is 0.416 e. The molecule has 2 fully saturated rings. The van der Waals surface area contributed by atoms with Crippen molar-refractivity contribution in [3.8, 4) is 0 Å². The summed E-state index contributed by atoms with van der Waals surface area (Å²) in [7, 11) is 0. The topological polar surface area (TPSA) is 108 Å². The van der Waals surface area contributed by atoms with Gasteiger partial charge in [-0.3, -0.25) is 9.69 Å². The van der Waals surface area contributed by atoms with Crippen molar-refractivity contribution in [2.75, 3.05) is 42.9 Å². The second-order valence-corrected chi connectivity index (χ2v) is 9.14. The van der Waals surface area contributed by atoms with Crippen molar-refractivity contribution in [1.82, 2.24) is 14.9 Å². The Kier molecular flexibility index (Phi) is 7.59. The molecule has 4 N–H and O–H groups in total. The monoisotopic (exact) mass is 514 g/mol. The van der Waals surface area contributed by atoms with E-state index in [4.69, 9.17) is 5.73 Å². The number of nitrogens with zero attached hydrogens (tertiary/aromatic N) is 4. The quantitative estimate of drug-likeness (QED) is 0.488. The van der Waals surface area contributed by atoms with Gasteiger partial charge in [0.1, 0.15) is 12.1 Å². The van der Waals surface area contributed by atoms with Gasteiger partial charge < -0.3 is 21.1 Å². The lowest BCUT2D eigenvalue weighted by molar-refractivity contribution is -0.137. The molecular formula is C23H27F5N6O2. The number of halogens is 5. The van der Waals surface area contributed by atoms with Gasteiger partial charge in [0, 0.05) is 31.1 Å². The number of aliphatic hydroxyl groups excluding tert-OH is 1. The van der Waals surface area contributed by atoms with Crippen LogP contribution in [-0.4, -0.2) is 64.7 Å². The third-order valence-corrected chi connectivity index (χ3v) is 6.70. The van der Waals surface area contributed by atoms with Crippen LogP contribution in [0.1, 0.15) is 36.4 Å². The van der Waals surface area contributed by atoms with E-state index in [0.717, 1.165) is 18.5 Å². The fourth-order valence-corrected chi connectivity index (χ4v) is 4.88. The number of amides is 1. The fourth-order valence-electron chi connectivity index (χ4n) is 4.88. The number of aliphatic hydroxyl groups is 1. The predicted molar refractivity (Wildman–Crippen MR) is 121 cm³/mol. The molecule has 0 unspecified atom stereocenters. The van der Waals surface area contributed by atoms with Crippen LogP contribution in [0.15, 0.2) is 24.5 Å². The van der Waals surface area contributed by atoms with Gasteiger partial charge >= 0.3 is 6.18 Å². The first-order valence-electron chi connectivity index (χ1n) is 11.6. The molecule has 2 saturated heterocycles. The lowest BCUT2D eigenvalue weighted by Gasteiger charge is -2.35. The first kappa shape index (κ1) is 26.0. The summed E-state index contributed by atoms with van der Waals surface area (Å²) in [5, 5.41) is 13.3. The van der Waals surface area contributed by atoms with Gasteiger partial charge in [0.05, 0.1) is 24.3 Å². The molecule has 0 aliphatic carbocycles. The van der Waals surface area contributed by atoms with E-state index >= 15 is 4.39 Å². The van der Waals surface area contributed by atoms with Gasteiger partial charge in [-0.15, -0.1) is 0 Å². The van der Waals surface area contributed by atoms with E-state index in [1.807, 2.05) is 0 Å². The number of anilines is 2. The number of benzene rings is 1. The minimum Gasteiger partial charge on any atom is -0.391 e. The molecule has 196 valence electrons. The molecule has 2 aliphatic heterocycles. The summed E-state index contributed by atoms with van der Waals surface area (Å²) in [6.45, 7) is 1.43. The number of alkyl halides is 3. The van der Waals surface area contributed by atoms with Crippen molar-refractivity contribution in [2.24, 2.45) is 11.7 Å². The van der Waals surface area contributed by atoms with Crippen LogP contribution < -0.4 is 16.0 Å². The number of β-amino-alcohol motifs (C(OH)–C–C–N with tert-alkyl or cyclic N) is 1. The molecule has 1 aromatic heterocycles. The second-order valence-electron chi connectivity index (χ2n) is 9.14. The van der Waals surface area contributed by atoms with Crippen LogP contribution in [0.3, 0.4) is 0 Å². The number of nitrogens with two attached hydrogens (primary N) is 1. The Bertz CT molecular complexity index is 1100. The molecule has 4 rings (SSSR count). The highest BCUT2D eigenvalue weighted by Crippen LogP contribution is 2.39. The molecule has 1 aromatic carbocycles. The van der Waals surface area contributed by atoms with Crippen molar-refractivity contribution >= 4 is 17.5 Å². The van der Waals surface area contributed by atoms with Gasteiger partial charge in [-0.2, -0.15) is 17.6 Å². The number of carbonyl (C=O) groups excluding carboxylic acids is 1. The van der Waals surface area contributed by atoms with E-state index in [-0.39, 0.29) is 42.8 Å². The van der Waals surface area contributed by atoms with Gasteiger partial charge in [0.15, 0.2) is 11.6 Å². The minimum absolute atomic E-state index is 0.0406. The summed E-state index contributed by atoms with van der Waals surface area (Å²) in [5.41, 5.74) is 4.15. The van der Waals surface area contributed by atoms with E-state index in [2.05, 4.69) is 15.3 Å². The number of nitrogens with one attached hydrogen (secondary N) is 1. The van der Waals surface area contributed by atoms with Crippen LogP contribution in [-0.2, 0) is 11.0 Å². The maximum Gasteiger partial charge on any atom is 0.416 e. The third-order valence-electron chi connectivity index (χ3n) is 6.70. The number of piperidine rings is 1. The normalized spacial score (nSPS) is 23.2. The smallest absolute Gasteiger partial charge is 0.391 e. The Morgan fingerprint density at radius 3 is 2.64 bits per heavy atom. The summed E-state index contributed by atoms with van der Waals surface area (Å²) in [6.07, 6.45) is -2.70. The number of likely N-dealkylation sites (tertiary alicyclic amines) is 1. The molecule has 3 heterocycles. The summed E-state index contributed by atoms with van der Waals surface area (Å²) in [5.74, 6) is -2.64. The average Bonchev–Trinajstić information content (AvgIpc) is 3.27. The van der Waals surface area contributed by atoms with Crippen LogP contribution in [0.4, 0.5) is 33.6 Å². The van der Waals surface area contributed by atoms with Gasteiger partial charge in [-0.05, 0) is 37.9 Å². The molecule has 0 saturated carbocycles. The first-order chi connectivity index (χ1) is 17.0. The Hall–Kier alpha value is -3.06. The van der Waals surface area contributed by atoms with Crippen LogP contribution in [0, 0.1) is 17.6 Å². The van der Waals surface area contributed by atoms with E-state index in [9.17, 15) is 27.5 Å². The lowest BCUT2D eigenvalue weighted by Crippen LogP contribution is -2.48. The minimum atomic E-state index is -4.67. The van der Waals surface area contributed by atoms with Crippen molar-refractivity contribution in [3.63, 3.8) is 0 Å². The van der Waals surface area contributed by atoms with Gasteiger partial charge in [0.2, 0.25) is 11.7 Å². The molecule has 36 heavy (non-hydrogen) atoms. The standard InChI is InChI=1S/C23H27F5N6O2/c24-16-8-14(23(26,27)28)3-4-15(16)17-2-1-6-34(17)22-20(25)21(31-12-32-22)30-9-13-5-7-33(10-18(13)35)11-19(29)36/h3-4,8,12-13,17-18,35H,1-2,5-7,9-11H2,(H2,29,36)(H,30,31,32)/t13-,17-,18+/m1/s1. The Morgan fingerprint density at radius 1 is 1.19 bits per heavy atom. The van der Waals surface area contributed by atoms with Crippen molar-refractivity contribution in [1.29, 1.82) is 0 Å². The van der Waals surface area contributed by atoms with Crippen LogP contribution >= 0.6 is 0 Å². The molecule has 0 bridgehead atoms. The molecule has 3 atom stereocenters. The van der Waals surface area contributed by atoms with Gasteiger partial charge in [-0.25, -0.2) is 14.4 Å². The lowest BCUT2D eigenvalue weighted by atomic mass is 9.93. The van der Waals surface area contributed by atoms with E-state index in [0.29, 0.717) is 38.4 Å². The zero-order valence-corrected chi connectivity index (χ0v) is 19.3. The number of carbonyl (C=O) groups is 1. The third kappa shape index (κ3) is 5.67. The first-order valence-corrected chi connectivity index (χ1v) is 11.6. The number of primary amides is 1. The second kappa shape index (κ2) is 10.5.